The third kappa shape index (κ3) is 5.60. The van der Waals surface area contributed by atoms with Gasteiger partial charge in [-0.15, -0.1) is 0 Å². The van der Waals surface area contributed by atoms with Gasteiger partial charge in [0.05, 0.1) is 23.5 Å². The molecule has 0 aromatic heterocycles. The van der Waals surface area contributed by atoms with E-state index in [1.54, 1.807) is 42.5 Å². The summed E-state index contributed by atoms with van der Waals surface area (Å²) in [4.78, 5) is 24.4. The van der Waals surface area contributed by atoms with Crippen LogP contribution in [-0.2, 0) is 4.79 Å². The number of benzene rings is 2. The first-order chi connectivity index (χ1) is 12.0. The Morgan fingerprint density at radius 3 is 2.32 bits per heavy atom. The van der Waals surface area contributed by atoms with Crippen molar-refractivity contribution in [2.75, 3.05) is 23.7 Å². The van der Waals surface area contributed by atoms with Crippen LogP contribution < -0.4 is 16.0 Å². The number of anilines is 2. The summed E-state index contributed by atoms with van der Waals surface area (Å²) >= 11 is 0. The summed E-state index contributed by atoms with van der Waals surface area (Å²) in [5, 5.41) is 8.24. The molecule has 5 nitrogen and oxygen atoms in total. The predicted octanol–water partition coefficient (Wildman–Crippen LogP) is 3.26. The van der Waals surface area contributed by atoms with E-state index in [0.717, 1.165) is 0 Å². The number of hydrogen-bond donors (Lipinski definition) is 3. The van der Waals surface area contributed by atoms with Gasteiger partial charge in [-0.25, -0.2) is 4.39 Å². The van der Waals surface area contributed by atoms with Gasteiger partial charge in [-0.1, -0.05) is 38.1 Å². The van der Waals surface area contributed by atoms with Crippen molar-refractivity contribution in [2.45, 2.75) is 13.8 Å². The second-order valence-corrected chi connectivity index (χ2v) is 6.03. The van der Waals surface area contributed by atoms with Crippen LogP contribution in [0.5, 0.6) is 0 Å². The summed E-state index contributed by atoms with van der Waals surface area (Å²) < 4.78 is 13.5. The molecule has 0 unspecified atom stereocenters. The van der Waals surface area contributed by atoms with E-state index in [1.165, 1.54) is 6.07 Å². The lowest BCUT2D eigenvalue weighted by Crippen LogP contribution is -2.29. The Balaban J connectivity index is 1.98. The molecule has 2 rings (SSSR count). The van der Waals surface area contributed by atoms with E-state index in [-0.39, 0.29) is 24.0 Å². The van der Waals surface area contributed by atoms with Crippen LogP contribution in [0.4, 0.5) is 15.8 Å². The van der Waals surface area contributed by atoms with E-state index < -0.39 is 5.82 Å². The smallest absolute Gasteiger partial charge is 0.253 e. The monoisotopic (exact) mass is 343 g/mol. The minimum atomic E-state index is -0.427. The number of rotatable bonds is 7. The average Bonchev–Trinajstić information content (AvgIpc) is 2.59. The molecule has 2 amide bonds. The molecule has 0 saturated carbocycles. The van der Waals surface area contributed by atoms with E-state index in [1.807, 2.05) is 13.8 Å². The fraction of sp³-hybridized carbons (Fsp3) is 0.263. The summed E-state index contributed by atoms with van der Waals surface area (Å²) in [6, 6.07) is 12.9. The van der Waals surface area contributed by atoms with Crippen molar-refractivity contribution in [2.24, 2.45) is 5.92 Å². The lowest BCUT2D eigenvalue weighted by Gasteiger charge is -2.13. The zero-order chi connectivity index (χ0) is 18.2. The van der Waals surface area contributed by atoms with Gasteiger partial charge in [0.15, 0.2) is 0 Å². The van der Waals surface area contributed by atoms with Gasteiger partial charge in [0, 0.05) is 6.54 Å². The molecule has 0 fully saturated rings. The van der Waals surface area contributed by atoms with E-state index >= 15 is 0 Å². The molecule has 0 radical (unpaired) electrons. The van der Waals surface area contributed by atoms with Crippen molar-refractivity contribution < 1.29 is 14.0 Å². The molecule has 6 heteroatoms. The third-order valence-corrected chi connectivity index (χ3v) is 3.43. The van der Waals surface area contributed by atoms with Gasteiger partial charge in [0.25, 0.3) is 5.91 Å². The highest BCUT2D eigenvalue weighted by atomic mass is 19.1. The standard InChI is InChI=1S/C19H22FN3O2/c1-13(2)11-22-19(25)14-7-3-5-9-16(14)23-18(24)12-21-17-10-6-4-8-15(17)20/h3-10,13,21H,11-12H2,1-2H3,(H,22,25)(H,23,24). The zero-order valence-corrected chi connectivity index (χ0v) is 14.3. The van der Waals surface area contributed by atoms with Gasteiger partial charge in [0.2, 0.25) is 5.91 Å². The van der Waals surface area contributed by atoms with E-state index in [0.29, 0.717) is 23.7 Å². The number of para-hydroxylation sites is 2. The largest absolute Gasteiger partial charge is 0.374 e. The first-order valence-electron chi connectivity index (χ1n) is 8.13. The third-order valence-electron chi connectivity index (χ3n) is 3.43. The van der Waals surface area contributed by atoms with Gasteiger partial charge in [0.1, 0.15) is 5.82 Å². The van der Waals surface area contributed by atoms with Gasteiger partial charge in [-0.05, 0) is 30.2 Å². The second-order valence-electron chi connectivity index (χ2n) is 6.03. The van der Waals surface area contributed by atoms with Crippen molar-refractivity contribution in [3.05, 3.63) is 59.9 Å². The maximum atomic E-state index is 13.5. The minimum Gasteiger partial charge on any atom is -0.374 e. The maximum Gasteiger partial charge on any atom is 0.253 e. The van der Waals surface area contributed by atoms with E-state index in [2.05, 4.69) is 16.0 Å². The van der Waals surface area contributed by atoms with Gasteiger partial charge in [-0.3, -0.25) is 9.59 Å². The normalized spacial score (nSPS) is 10.4. The fourth-order valence-corrected chi connectivity index (χ4v) is 2.16. The average molecular weight is 343 g/mol. The highest BCUT2D eigenvalue weighted by Crippen LogP contribution is 2.16. The predicted molar refractivity (Wildman–Crippen MR) is 97.1 cm³/mol. The molecular weight excluding hydrogens is 321 g/mol. The SMILES string of the molecule is CC(C)CNC(=O)c1ccccc1NC(=O)CNc1ccccc1F. The Hall–Kier alpha value is -2.89. The molecule has 132 valence electrons. The van der Waals surface area contributed by atoms with Crippen molar-refractivity contribution in [3.63, 3.8) is 0 Å². The highest BCUT2D eigenvalue weighted by Gasteiger charge is 2.13. The first-order valence-corrected chi connectivity index (χ1v) is 8.13. The van der Waals surface area contributed by atoms with Crippen LogP contribution in [0.3, 0.4) is 0 Å². The van der Waals surface area contributed by atoms with Crippen molar-refractivity contribution >= 4 is 23.2 Å². The number of carbonyl (C=O) groups excluding carboxylic acids is 2. The molecule has 0 bridgehead atoms. The van der Waals surface area contributed by atoms with E-state index in [9.17, 15) is 14.0 Å². The van der Waals surface area contributed by atoms with Crippen molar-refractivity contribution in [3.8, 4) is 0 Å². The Bertz CT molecular complexity index is 747. The number of amides is 2. The maximum absolute atomic E-state index is 13.5. The summed E-state index contributed by atoms with van der Waals surface area (Å²) in [6.45, 7) is 4.45. The van der Waals surface area contributed by atoms with Crippen LogP contribution in [0.15, 0.2) is 48.5 Å². The molecule has 25 heavy (non-hydrogen) atoms. The Morgan fingerprint density at radius 1 is 1.00 bits per heavy atom. The van der Waals surface area contributed by atoms with Crippen LogP contribution in [0, 0.1) is 11.7 Å². The molecule has 0 aliphatic carbocycles. The second kappa shape index (κ2) is 8.82. The lowest BCUT2D eigenvalue weighted by molar-refractivity contribution is -0.114. The van der Waals surface area contributed by atoms with Crippen LogP contribution in [0.1, 0.15) is 24.2 Å². The summed E-state index contributed by atoms with van der Waals surface area (Å²) in [5.74, 6) is -0.710. The molecule has 3 N–H and O–H groups in total. The van der Waals surface area contributed by atoms with Crippen LogP contribution in [0.2, 0.25) is 0 Å². The molecule has 0 atom stereocenters. The highest BCUT2D eigenvalue weighted by molar-refractivity contribution is 6.04. The molecule has 0 spiro atoms. The van der Waals surface area contributed by atoms with Gasteiger partial charge >= 0.3 is 0 Å². The molecule has 0 heterocycles. The topological polar surface area (TPSA) is 70.2 Å². The van der Waals surface area contributed by atoms with E-state index in [4.69, 9.17) is 0 Å². The Kier molecular flexibility index (Phi) is 6.51. The summed E-state index contributed by atoms with van der Waals surface area (Å²) in [6.07, 6.45) is 0. The molecule has 2 aromatic carbocycles. The summed E-state index contributed by atoms with van der Waals surface area (Å²) in [7, 11) is 0. The van der Waals surface area contributed by atoms with Crippen molar-refractivity contribution in [1.29, 1.82) is 0 Å². The van der Waals surface area contributed by atoms with Gasteiger partial charge in [-0.2, -0.15) is 0 Å². The van der Waals surface area contributed by atoms with Crippen LogP contribution in [-0.4, -0.2) is 24.9 Å². The lowest BCUT2D eigenvalue weighted by atomic mass is 10.1. The molecule has 2 aromatic rings. The molecular formula is C19H22FN3O2. The van der Waals surface area contributed by atoms with Crippen LogP contribution >= 0.6 is 0 Å². The minimum absolute atomic E-state index is 0.108. The number of halogens is 1. The van der Waals surface area contributed by atoms with Gasteiger partial charge < -0.3 is 16.0 Å². The Morgan fingerprint density at radius 2 is 1.64 bits per heavy atom. The zero-order valence-electron chi connectivity index (χ0n) is 14.3. The fourth-order valence-electron chi connectivity index (χ4n) is 2.16. The Labute approximate surface area is 146 Å². The van der Waals surface area contributed by atoms with Crippen molar-refractivity contribution in [1.82, 2.24) is 5.32 Å². The summed E-state index contributed by atoms with van der Waals surface area (Å²) in [5.41, 5.74) is 1.06. The molecule has 0 aliphatic rings. The molecule has 0 saturated heterocycles. The number of nitrogens with one attached hydrogen (secondary N) is 3. The number of carbonyl (C=O) groups is 2. The molecule has 0 aliphatic heterocycles. The quantitative estimate of drug-likeness (QED) is 0.723. The first kappa shape index (κ1) is 18.4. The van der Waals surface area contributed by atoms with Crippen LogP contribution in [0.25, 0.3) is 0 Å². The number of hydrogen-bond acceptors (Lipinski definition) is 3.